The Hall–Kier alpha value is -2.12. The fourth-order valence-electron chi connectivity index (χ4n) is 2.12. The Kier molecular flexibility index (Phi) is 5.66. The fourth-order valence-corrected chi connectivity index (χ4v) is 3.42. The third-order valence-corrected chi connectivity index (χ3v) is 5.03. The van der Waals surface area contributed by atoms with Gasteiger partial charge < -0.3 is 9.73 Å². The van der Waals surface area contributed by atoms with E-state index in [0.717, 1.165) is 17.5 Å². The Morgan fingerprint density at radius 2 is 2.21 bits per heavy atom. The van der Waals surface area contributed by atoms with E-state index in [1.165, 1.54) is 16.6 Å². The molecule has 3 rings (SSSR count). The molecule has 0 aliphatic rings. The van der Waals surface area contributed by atoms with E-state index >= 15 is 0 Å². The summed E-state index contributed by atoms with van der Waals surface area (Å²) in [5.41, 5.74) is 2.01. The molecule has 1 amide bonds. The first-order valence-electron chi connectivity index (χ1n) is 7.53. The average molecular weight is 359 g/mol. The van der Waals surface area contributed by atoms with Gasteiger partial charge >= 0.3 is 0 Å². The maximum absolute atomic E-state index is 11.8. The smallest absolute Gasteiger partial charge is 0.277 e. The van der Waals surface area contributed by atoms with Gasteiger partial charge in [0.2, 0.25) is 11.8 Å². The van der Waals surface area contributed by atoms with Gasteiger partial charge in [0.15, 0.2) is 0 Å². The Balaban J connectivity index is 1.45. The van der Waals surface area contributed by atoms with E-state index in [0.29, 0.717) is 17.7 Å². The molecule has 0 spiro atoms. The highest BCUT2D eigenvalue weighted by molar-refractivity contribution is 7.99. The summed E-state index contributed by atoms with van der Waals surface area (Å²) in [6.45, 7) is 2.65. The van der Waals surface area contributed by atoms with Crippen LogP contribution in [0.4, 0.5) is 0 Å². The number of aryl methyl sites for hydroxylation is 1. The molecule has 2 aromatic heterocycles. The molecule has 0 bridgehead atoms. The van der Waals surface area contributed by atoms with Crippen LogP contribution in [0.3, 0.4) is 0 Å². The summed E-state index contributed by atoms with van der Waals surface area (Å²) in [5, 5.41) is 13.3. The summed E-state index contributed by atoms with van der Waals surface area (Å²) >= 11 is 2.94. The second-order valence-electron chi connectivity index (χ2n) is 5.21. The van der Waals surface area contributed by atoms with Crippen LogP contribution in [0, 0.1) is 6.92 Å². The van der Waals surface area contributed by atoms with E-state index in [9.17, 15) is 4.79 Å². The maximum Gasteiger partial charge on any atom is 0.277 e. The molecule has 1 N–H and O–H groups in total. The van der Waals surface area contributed by atoms with E-state index in [1.54, 1.807) is 11.3 Å². The van der Waals surface area contributed by atoms with Gasteiger partial charge in [0.05, 0.1) is 5.75 Å². The van der Waals surface area contributed by atoms with Crippen molar-refractivity contribution >= 4 is 29.0 Å². The molecule has 24 heavy (non-hydrogen) atoms. The van der Waals surface area contributed by atoms with Gasteiger partial charge in [-0.25, -0.2) is 0 Å². The summed E-state index contributed by atoms with van der Waals surface area (Å²) < 4.78 is 5.60. The Morgan fingerprint density at radius 1 is 1.29 bits per heavy atom. The summed E-state index contributed by atoms with van der Waals surface area (Å²) in [4.78, 5) is 13.1. The lowest BCUT2D eigenvalue weighted by Crippen LogP contribution is -2.27. The third-order valence-electron chi connectivity index (χ3n) is 3.27. The predicted molar refractivity (Wildman–Crippen MR) is 96.2 cm³/mol. The van der Waals surface area contributed by atoms with Crippen LogP contribution in [-0.4, -0.2) is 28.4 Å². The minimum absolute atomic E-state index is 0.0353. The topological polar surface area (TPSA) is 68.0 Å². The van der Waals surface area contributed by atoms with Gasteiger partial charge in [-0.15, -0.1) is 21.5 Å². The zero-order chi connectivity index (χ0) is 16.8. The van der Waals surface area contributed by atoms with Gasteiger partial charge in [0.1, 0.15) is 0 Å². The predicted octanol–water partition coefficient (Wildman–Crippen LogP) is 3.56. The van der Waals surface area contributed by atoms with Crippen LogP contribution < -0.4 is 5.32 Å². The first-order valence-corrected chi connectivity index (χ1v) is 9.39. The zero-order valence-electron chi connectivity index (χ0n) is 13.2. The second-order valence-corrected chi connectivity index (χ2v) is 7.17. The van der Waals surface area contributed by atoms with Crippen LogP contribution in [0.5, 0.6) is 0 Å². The monoisotopic (exact) mass is 359 g/mol. The number of carbonyl (C=O) groups is 1. The van der Waals surface area contributed by atoms with Crippen molar-refractivity contribution in [2.24, 2.45) is 0 Å². The van der Waals surface area contributed by atoms with Crippen molar-refractivity contribution in [3.05, 3.63) is 52.2 Å². The highest BCUT2D eigenvalue weighted by Gasteiger charge is 2.11. The molecule has 0 fully saturated rings. The van der Waals surface area contributed by atoms with Crippen molar-refractivity contribution < 1.29 is 9.21 Å². The first kappa shape index (κ1) is 16.7. The van der Waals surface area contributed by atoms with E-state index < -0.39 is 0 Å². The molecule has 124 valence electrons. The number of benzene rings is 1. The second kappa shape index (κ2) is 8.12. The molecule has 0 saturated carbocycles. The van der Waals surface area contributed by atoms with Crippen LogP contribution >= 0.6 is 23.1 Å². The van der Waals surface area contributed by atoms with Gasteiger partial charge in [0.25, 0.3) is 5.22 Å². The Bertz CT molecular complexity index is 800. The number of nitrogens with one attached hydrogen (secondary N) is 1. The van der Waals surface area contributed by atoms with Crippen molar-refractivity contribution in [2.45, 2.75) is 18.6 Å². The minimum atomic E-state index is -0.0353. The summed E-state index contributed by atoms with van der Waals surface area (Å²) in [5.74, 6) is 0.700. The first-order chi connectivity index (χ1) is 11.7. The molecular formula is C17H17N3O2S2. The van der Waals surface area contributed by atoms with Gasteiger partial charge in [0, 0.05) is 17.0 Å². The van der Waals surface area contributed by atoms with E-state index in [4.69, 9.17) is 4.42 Å². The van der Waals surface area contributed by atoms with Gasteiger partial charge in [-0.05, 0) is 36.9 Å². The quantitative estimate of drug-likeness (QED) is 0.653. The lowest BCUT2D eigenvalue weighted by atomic mass is 10.1. The fraction of sp³-hybridized carbons (Fsp3) is 0.235. The van der Waals surface area contributed by atoms with Crippen molar-refractivity contribution in [1.29, 1.82) is 0 Å². The summed E-state index contributed by atoms with van der Waals surface area (Å²) in [6.07, 6.45) is 0.853. The molecule has 0 aliphatic heterocycles. The molecule has 0 aliphatic carbocycles. The molecule has 2 heterocycles. The van der Waals surface area contributed by atoms with Crippen molar-refractivity contribution in [2.75, 3.05) is 12.3 Å². The SMILES string of the molecule is Cc1cccc(-c2nnc(SCC(=O)NCCc3cccs3)o2)c1. The van der Waals surface area contributed by atoms with Gasteiger partial charge in [-0.1, -0.05) is 35.5 Å². The lowest BCUT2D eigenvalue weighted by molar-refractivity contribution is -0.118. The molecule has 0 radical (unpaired) electrons. The average Bonchev–Trinajstić information content (AvgIpc) is 3.25. The Morgan fingerprint density at radius 3 is 3.00 bits per heavy atom. The molecule has 0 atom stereocenters. The van der Waals surface area contributed by atoms with Gasteiger partial charge in [-0.2, -0.15) is 0 Å². The van der Waals surface area contributed by atoms with E-state index in [1.807, 2.05) is 42.6 Å². The zero-order valence-corrected chi connectivity index (χ0v) is 14.8. The molecule has 0 saturated heterocycles. The molecule has 3 aromatic rings. The highest BCUT2D eigenvalue weighted by atomic mass is 32.2. The summed E-state index contributed by atoms with van der Waals surface area (Å²) in [6, 6.07) is 11.9. The molecular weight excluding hydrogens is 342 g/mol. The lowest BCUT2D eigenvalue weighted by Gasteiger charge is -2.02. The number of thioether (sulfide) groups is 1. The van der Waals surface area contributed by atoms with Crippen molar-refractivity contribution in [3.63, 3.8) is 0 Å². The highest BCUT2D eigenvalue weighted by Crippen LogP contribution is 2.23. The number of hydrogen-bond acceptors (Lipinski definition) is 6. The minimum Gasteiger partial charge on any atom is -0.411 e. The van der Waals surface area contributed by atoms with Crippen LogP contribution in [0.1, 0.15) is 10.4 Å². The van der Waals surface area contributed by atoms with E-state index in [2.05, 4.69) is 21.6 Å². The van der Waals surface area contributed by atoms with Crippen molar-refractivity contribution in [3.8, 4) is 11.5 Å². The van der Waals surface area contributed by atoms with Crippen LogP contribution in [-0.2, 0) is 11.2 Å². The van der Waals surface area contributed by atoms with Crippen LogP contribution in [0.25, 0.3) is 11.5 Å². The number of nitrogens with zero attached hydrogens (tertiary/aromatic N) is 2. The summed E-state index contributed by atoms with van der Waals surface area (Å²) in [7, 11) is 0. The molecule has 7 heteroatoms. The Labute approximate surface area is 148 Å². The van der Waals surface area contributed by atoms with Crippen molar-refractivity contribution in [1.82, 2.24) is 15.5 Å². The number of rotatable bonds is 7. The molecule has 1 aromatic carbocycles. The van der Waals surface area contributed by atoms with Crippen LogP contribution in [0.2, 0.25) is 0 Å². The van der Waals surface area contributed by atoms with Gasteiger partial charge in [-0.3, -0.25) is 4.79 Å². The number of amides is 1. The largest absolute Gasteiger partial charge is 0.411 e. The molecule has 0 unspecified atom stereocenters. The maximum atomic E-state index is 11.8. The van der Waals surface area contributed by atoms with Crippen LogP contribution in [0.15, 0.2) is 51.4 Å². The number of thiophene rings is 1. The number of hydrogen-bond donors (Lipinski definition) is 1. The molecule has 5 nitrogen and oxygen atoms in total. The van der Waals surface area contributed by atoms with E-state index in [-0.39, 0.29) is 11.7 Å². The normalized spacial score (nSPS) is 10.7. The third kappa shape index (κ3) is 4.69. The number of aromatic nitrogens is 2. The standard InChI is InChI=1S/C17H17N3O2S2/c1-12-4-2-5-13(10-12)16-19-20-17(22-16)24-11-15(21)18-8-7-14-6-3-9-23-14/h2-6,9-10H,7-8,11H2,1H3,(H,18,21). The number of carbonyl (C=O) groups excluding carboxylic acids is 1.